The average molecular weight is 425 g/mol. The molecule has 0 saturated carbocycles. The van der Waals surface area contributed by atoms with Crippen LogP contribution in [0.15, 0.2) is 54.6 Å². The van der Waals surface area contributed by atoms with E-state index in [2.05, 4.69) is 17.4 Å². The Morgan fingerprint density at radius 2 is 1.32 bits per heavy atom. The third-order valence-electron chi connectivity index (χ3n) is 4.86. The molecular formula is C25H32N2O4. The second-order valence-corrected chi connectivity index (χ2v) is 9.99. The topological polar surface area (TPSA) is 67.9 Å². The molecule has 0 radical (unpaired) electrons. The van der Waals surface area contributed by atoms with Crippen LogP contribution < -0.4 is 5.32 Å². The monoisotopic (exact) mass is 424 g/mol. The number of hydrogen-bond acceptors (Lipinski definition) is 4. The summed E-state index contributed by atoms with van der Waals surface area (Å²) in [4.78, 5) is 26.6. The van der Waals surface area contributed by atoms with E-state index in [-0.39, 0.29) is 0 Å². The number of amides is 2. The summed E-state index contributed by atoms with van der Waals surface area (Å²) in [5, 5.41) is 3.00. The predicted octanol–water partition coefficient (Wildman–Crippen LogP) is 5.32. The van der Waals surface area contributed by atoms with Crippen LogP contribution in [0.2, 0.25) is 0 Å². The summed E-state index contributed by atoms with van der Waals surface area (Å²) in [6.45, 7) is 11.6. The van der Waals surface area contributed by atoms with Gasteiger partial charge in [0.05, 0.1) is 13.1 Å². The molecular weight excluding hydrogens is 392 g/mol. The Hall–Kier alpha value is -3.02. The van der Waals surface area contributed by atoms with Crippen molar-refractivity contribution in [1.82, 2.24) is 10.2 Å². The minimum atomic E-state index is -0.728. The van der Waals surface area contributed by atoms with E-state index in [0.717, 1.165) is 16.7 Å². The minimum Gasteiger partial charge on any atom is -0.444 e. The lowest BCUT2D eigenvalue weighted by Crippen LogP contribution is -2.69. The van der Waals surface area contributed by atoms with Crippen molar-refractivity contribution in [3.8, 4) is 11.1 Å². The molecule has 2 amide bonds. The summed E-state index contributed by atoms with van der Waals surface area (Å²) in [6.07, 6.45) is -0.904. The molecule has 2 aromatic carbocycles. The number of alkyl carbamates (subject to hydrolysis) is 1. The summed E-state index contributed by atoms with van der Waals surface area (Å²) < 4.78 is 11.0. The van der Waals surface area contributed by atoms with Gasteiger partial charge in [-0.1, -0.05) is 54.6 Å². The predicted molar refractivity (Wildman–Crippen MR) is 121 cm³/mol. The van der Waals surface area contributed by atoms with Gasteiger partial charge in [-0.15, -0.1) is 0 Å². The van der Waals surface area contributed by atoms with Crippen LogP contribution in [0.3, 0.4) is 0 Å². The van der Waals surface area contributed by atoms with Gasteiger partial charge in [0.1, 0.15) is 16.7 Å². The van der Waals surface area contributed by atoms with Crippen LogP contribution >= 0.6 is 0 Å². The van der Waals surface area contributed by atoms with Crippen LogP contribution in [-0.4, -0.2) is 41.4 Å². The Balaban J connectivity index is 1.82. The lowest BCUT2D eigenvalue weighted by Gasteiger charge is -2.50. The number of hydrogen-bond donors (Lipinski definition) is 1. The van der Waals surface area contributed by atoms with E-state index >= 15 is 0 Å². The highest BCUT2D eigenvalue weighted by Gasteiger charge is 2.49. The smallest absolute Gasteiger partial charge is 0.410 e. The third-order valence-corrected chi connectivity index (χ3v) is 4.86. The fourth-order valence-corrected chi connectivity index (χ4v) is 3.51. The molecule has 1 fully saturated rings. The zero-order valence-electron chi connectivity index (χ0n) is 19.2. The van der Waals surface area contributed by atoms with Crippen molar-refractivity contribution >= 4 is 12.2 Å². The molecule has 6 heteroatoms. The van der Waals surface area contributed by atoms with Crippen molar-refractivity contribution in [3.05, 3.63) is 60.2 Å². The summed E-state index contributed by atoms with van der Waals surface area (Å²) in [5.74, 6) is 0. The Bertz CT molecular complexity index is 919. The number of likely N-dealkylation sites (tertiary alicyclic amines) is 1. The van der Waals surface area contributed by atoms with Crippen LogP contribution in [0.25, 0.3) is 11.1 Å². The summed E-state index contributed by atoms with van der Waals surface area (Å²) in [6, 6.07) is 18.1. The van der Waals surface area contributed by atoms with Gasteiger partial charge in [-0.05, 0) is 58.2 Å². The van der Waals surface area contributed by atoms with Crippen LogP contribution in [0.5, 0.6) is 0 Å². The molecule has 31 heavy (non-hydrogen) atoms. The number of nitrogens with one attached hydrogen (secondary N) is 1. The Kier molecular flexibility index (Phi) is 6.03. The molecule has 166 valence electrons. The normalized spacial score (nSPS) is 15.6. The lowest BCUT2D eigenvalue weighted by atomic mass is 9.82. The quantitative estimate of drug-likeness (QED) is 0.724. The van der Waals surface area contributed by atoms with Crippen molar-refractivity contribution in [2.45, 2.75) is 58.3 Å². The summed E-state index contributed by atoms with van der Waals surface area (Å²) >= 11 is 0. The molecule has 1 aliphatic heterocycles. The van der Waals surface area contributed by atoms with Gasteiger partial charge in [0.25, 0.3) is 0 Å². The molecule has 2 aromatic rings. The van der Waals surface area contributed by atoms with E-state index in [1.165, 1.54) is 0 Å². The first-order chi connectivity index (χ1) is 14.4. The Labute approximate surface area is 184 Å². The maximum absolute atomic E-state index is 12.6. The molecule has 1 aliphatic rings. The van der Waals surface area contributed by atoms with Crippen molar-refractivity contribution < 1.29 is 19.1 Å². The molecule has 0 aromatic heterocycles. The molecule has 0 spiro atoms. The van der Waals surface area contributed by atoms with Gasteiger partial charge in [0.2, 0.25) is 0 Å². The largest absolute Gasteiger partial charge is 0.444 e. The average Bonchev–Trinajstić information content (AvgIpc) is 2.62. The van der Waals surface area contributed by atoms with Gasteiger partial charge in [-0.3, -0.25) is 0 Å². The first-order valence-electron chi connectivity index (χ1n) is 10.5. The van der Waals surface area contributed by atoms with Gasteiger partial charge in [0.15, 0.2) is 0 Å². The Morgan fingerprint density at radius 3 is 1.84 bits per heavy atom. The molecule has 1 N–H and O–H groups in total. The van der Waals surface area contributed by atoms with Gasteiger partial charge in [-0.2, -0.15) is 0 Å². The number of nitrogens with zero attached hydrogens (tertiary/aromatic N) is 1. The van der Waals surface area contributed by atoms with E-state index in [4.69, 9.17) is 9.47 Å². The van der Waals surface area contributed by atoms with Crippen molar-refractivity contribution in [2.24, 2.45) is 0 Å². The number of rotatable bonds is 3. The Morgan fingerprint density at radius 1 is 0.806 bits per heavy atom. The number of carbonyl (C=O) groups is 2. The van der Waals surface area contributed by atoms with Gasteiger partial charge in [0, 0.05) is 0 Å². The van der Waals surface area contributed by atoms with Crippen LogP contribution in [-0.2, 0) is 15.0 Å². The SMILES string of the molecule is CC(C)(C)OC(=O)NC1(c2ccc(-c3ccccc3)cc2)CN(C(=O)OC(C)(C)C)C1. The number of ether oxygens (including phenoxy) is 2. The second kappa shape index (κ2) is 8.25. The minimum absolute atomic E-state index is 0.311. The highest BCUT2D eigenvalue weighted by molar-refractivity contribution is 5.74. The van der Waals surface area contributed by atoms with E-state index in [0.29, 0.717) is 13.1 Å². The number of carbonyl (C=O) groups excluding carboxylic acids is 2. The maximum atomic E-state index is 12.6. The van der Waals surface area contributed by atoms with E-state index in [1.807, 2.05) is 84.0 Å². The first-order valence-corrected chi connectivity index (χ1v) is 10.5. The summed E-state index contributed by atoms with van der Waals surface area (Å²) in [7, 11) is 0. The van der Waals surface area contributed by atoms with Crippen molar-refractivity contribution in [2.75, 3.05) is 13.1 Å². The molecule has 0 atom stereocenters. The van der Waals surface area contributed by atoms with E-state index in [1.54, 1.807) is 4.90 Å². The molecule has 1 saturated heterocycles. The van der Waals surface area contributed by atoms with Crippen LogP contribution in [0.1, 0.15) is 47.1 Å². The van der Waals surface area contributed by atoms with Gasteiger partial charge in [-0.25, -0.2) is 9.59 Å². The van der Waals surface area contributed by atoms with Crippen molar-refractivity contribution in [3.63, 3.8) is 0 Å². The van der Waals surface area contributed by atoms with Crippen molar-refractivity contribution in [1.29, 1.82) is 0 Å². The molecule has 1 heterocycles. The zero-order valence-corrected chi connectivity index (χ0v) is 19.2. The van der Waals surface area contributed by atoms with E-state index in [9.17, 15) is 9.59 Å². The highest BCUT2D eigenvalue weighted by Crippen LogP contribution is 2.35. The lowest BCUT2D eigenvalue weighted by molar-refractivity contribution is -0.0229. The molecule has 3 rings (SSSR count). The van der Waals surface area contributed by atoms with Crippen LogP contribution in [0, 0.1) is 0 Å². The maximum Gasteiger partial charge on any atom is 0.410 e. The summed E-state index contributed by atoms with van der Waals surface area (Å²) in [5.41, 5.74) is 1.20. The van der Waals surface area contributed by atoms with Gasteiger partial charge < -0.3 is 19.7 Å². The molecule has 6 nitrogen and oxygen atoms in total. The zero-order chi connectivity index (χ0) is 22.9. The molecule has 0 bridgehead atoms. The first kappa shape index (κ1) is 22.7. The molecule has 0 unspecified atom stereocenters. The van der Waals surface area contributed by atoms with Gasteiger partial charge >= 0.3 is 12.2 Å². The van der Waals surface area contributed by atoms with E-state index < -0.39 is 28.9 Å². The number of benzene rings is 2. The molecule has 0 aliphatic carbocycles. The van der Waals surface area contributed by atoms with Crippen LogP contribution in [0.4, 0.5) is 9.59 Å². The fourth-order valence-electron chi connectivity index (χ4n) is 3.51. The fraction of sp³-hybridized carbons (Fsp3) is 0.440. The highest BCUT2D eigenvalue weighted by atomic mass is 16.6. The third kappa shape index (κ3) is 5.78. The second-order valence-electron chi connectivity index (χ2n) is 9.99. The standard InChI is InChI=1S/C25H32N2O4/c1-23(2,3)30-21(28)26-25(16-27(17-25)22(29)31-24(4,5)6)20-14-12-19(13-15-20)18-10-8-7-9-11-18/h7-15H,16-17H2,1-6H3,(H,26,28).